The quantitative estimate of drug-likeness (QED) is 0.554. The molecule has 3 N–H and O–H groups in total. The molecule has 0 atom stereocenters. The van der Waals surface area contributed by atoms with Gasteiger partial charge in [0.05, 0.1) is 5.52 Å². The normalized spacial score (nSPS) is 11.1. The average Bonchev–Trinajstić information content (AvgIpc) is 2.67. The molecule has 2 aromatic heterocycles. The lowest BCUT2D eigenvalue weighted by molar-refractivity contribution is 0.555. The van der Waals surface area contributed by atoms with E-state index in [-0.39, 0.29) is 0 Å². The van der Waals surface area contributed by atoms with E-state index < -0.39 is 5.76 Å². The second-order valence-electron chi connectivity index (χ2n) is 4.44. The number of anilines is 1. The first-order valence-electron chi connectivity index (χ1n) is 5.94. The predicted molar refractivity (Wildman–Crippen MR) is 76.9 cm³/mol. The van der Waals surface area contributed by atoms with Gasteiger partial charge in [0.25, 0.3) is 0 Å². The number of oxazole rings is 1. The smallest absolute Gasteiger partial charge is 0.408 e. The van der Waals surface area contributed by atoms with Crippen molar-refractivity contribution in [3.63, 3.8) is 0 Å². The summed E-state index contributed by atoms with van der Waals surface area (Å²) < 4.78 is 4.96. The lowest BCUT2D eigenvalue weighted by Gasteiger charge is -2.05. The van der Waals surface area contributed by atoms with E-state index in [2.05, 4.69) is 15.0 Å². The largest absolute Gasteiger partial charge is 0.417 e. The summed E-state index contributed by atoms with van der Waals surface area (Å²) in [5, 5.41) is 0.624. The number of benzene rings is 1. The summed E-state index contributed by atoms with van der Waals surface area (Å²) in [5.74, 6) is -0.496. The SMILES string of the molecule is Cc1cc(C)nc(Sc2cc3[nH]c(=O)oc3cc2N)n1. The van der Waals surface area contributed by atoms with Crippen LogP contribution in [0, 0.1) is 13.8 Å². The summed E-state index contributed by atoms with van der Waals surface area (Å²) in [6.45, 7) is 3.83. The van der Waals surface area contributed by atoms with Gasteiger partial charge in [-0.1, -0.05) is 0 Å². The highest BCUT2D eigenvalue weighted by Gasteiger charge is 2.10. The monoisotopic (exact) mass is 288 g/mol. The molecule has 0 aliphatic heterocycles. The molecular weight excluding hydrogens is 276 g/mol. The third kappa shape index (κ3) is 2.39. The van der Waals surface area contributed by atoms with Gasteiger partial charge in [0.2, 0.25) is 0 Å². The van der Waals surface area contributed by atoms with Gasteiger partial charge in [0.15, 0.2) is 10.7 Å². The molecule has 0 fully saturated rings. The number of aromatic amines is 1. The number of fused-ring (bicyclic) bond motifs is 1. The Morgan fingerprint density at radius 3 is 2.60 bits per heavy atom. The van der Waals surface area contributed by atoms with E-state index in [1.807, 2.05) is 19.9 Å². The highest BCUT2D eigenvalue weighted by molar-refractivity contribution is 7.99. The van der Waals surface area contributed by atoms with Crippen LogP contribution in [0.2, 0.25) is 0 Å². The number of hydrogen-bond acceptors (Lipinski definition) is 6. The molecule has 102 valence electrons. The van der Waals surface area contributed by atoms with Crippen molar-refractivity contribution in [1.29, 1.82) is 0 Å². The number of aryl methyl sites for hydroxylation is 2. The van der Waals surface area contributed by atoms with Crippen molar-refractivity contribution in [1.82, 2.24) is 15.0 Å². The fourth-order valence-electron chi connectivity index (χ4n) is 1.92. The molecule has 0 aliphatic rings. The first kappa shape index (κ1) is 12.7. The summed E-state index contributed by atoms with van der Waals surface area (Å²) in [6.07, 6.45) is 0. The third-order valence-electron chi connectivity index (χ3n) is 2.71. The predicted octanol–water partition coefficient (Wildman–Crippen LogP) is 2.26. The summed E-state index contributed by atoms with van der Waals surface area (Å²) in [6, 6.07) is 5.30. The summed E-state index contributed by atoms with van der Waals surface area (Å²) >= 11 is 1.36. The Bertz CT molecular complexity index is 833. The Labute approximate surface area is 118 Å². The maximum Gasteiger partial charge on any atom is 0.417 e. The molecule has 20 heavy (non-hydrogen) atoms. The molecule has 7 heteroatoms. The minimum Gasteiger partial charge on any atom is -0.408 e. The van der Waals surface area contributed by atoms with Crippen LogP contribution in [-0.4, -0.2) is 15.0 Å². The van der Waals surface area contributed by atoms with Gasteiger partial charge in [-0.05, 0) is 37.7 Å². The van der Waals surface area contributed by atoms with Crippen molar-refractivity contribution >= 4 is 28.5 Å². The minimum atomic E-state index is -0.496. The van der Waals surface area contributed by atoms with Crippen molar-refractivity contribution in [2.75, 3.05) is 5.73 Å². The number of nitrogen functional groups attached to an aromatic ring is 1. The van der Waals surface area contributed by atoms with E-state index in [4.69, 9.17) is 10.2 Å². The van der Waals surface area contributed by atoms with E-state index in [1.54, 1.807) is 12.1 Å². The number of hydrogen-bond donors (Lipinski definition) is 2. The highest BCUT2D eigenvalue weighted by Crippen LogP contribution is 2.32. The zero-order chi connectivity index (χ0) is 14.3. The minimum absolute atomic E-state index is 0.443. The summed E-state index contributed by atoms with van der Waals surface area (Å²) in [7, 11) is 0. The Morgan fingerprint density at radius 2 is 1.90 bits per heavy atom. The number of nitrogens with zero attached hydrogens (tertiary/aromatic N) is 2. The van der Waals surface area contributed by atoms with Gasteiger partial charge < -0.3 is 10.2 Å². The second-order valence-corrected chi connectivity index (χ2v) is 5.45. The van der Waals surface area contributed by atoms with Crippen molar-refractivity contribution in [3.05, 3.63) is 40.1 Å². The molecule has 3 aromatic rings. The molecular formula is C13H12N4O2S. The van der Waals surface area contributed by atoms with Crippen LogP contribution in [0.3, 0.4) is 0 Å². The Hall–Kier alpha value is -2.28. The molecule has 3 rings (SSSR count). The Kier molecular flexibility index (Phi) is 2.98. The number of nitrogens with one attached hydrogen (secondary N) is 1. The third-order valence-corrected chi connectivity index (χ3v) is 3.65. The molecule has 6 nitrogen and oxygen atoms in total. The molecule has 0 saturated carbocycles. The van der Waals surface area contributed by atoms with Gasteiger partial charge in [0.1, 0.15) is 0 Å². The van der Waals surface area contributed by atoms with Crippen LogP contribution >= 0.6 is 11.8 Å². The molecule has 1 aromatic carbocycles. The van der Waals surface area contributed by atoms with E-state index in [0.717, 1.165) is 16.3 Å². The Morgan fingerprint density at radius 1 is 1.20 bits per heavy atom. The summed E-state index contributed by atoms with van der Waals surface area (Å²) in [4.78, 5) is 23.3. The lowest BCUT2D eigenvalue weighted by atomic mass is 10.3. The van der Waals surface area contributed by atoms with Gasteiger partial charge in [-0.2, -0.15) is 0 Å². The zero-order valence-electron chi connectivity index (χ0n) is 10.9. The van der Waals surface area contributed by atoms with Crippen molar-refractivity contribution < 1.29 is 4.42 Å². The van der Waals surface area contributed by atoms with Gasteiger partial charge in [-0.25, -0.2) is 14.8 Å². The number of rotatable bonds is 2. The maximum atomic E-state index is 11.2. The maximum absolute atomic E-state index is 11.2. The topological polar surface area (TPSA) is 97.8 Å². The first-order chi connectivity index (χ1) is 9.51. The van der Waals surface area contributed by atoms with Crippen LogP contribution in [0.25, 0.3) is 11.1 Å². The fraction of sp³-hybridized carbons (Fsp3) is 0.154. The van der Waals surface area contributed by atoms with Gasteiger partial charge in [-0.3, -0.25) is 4.98 Å². The number of nitrogens with two attached hydrogens (primary N) is 1. The second kappa shape index (κ2) is 4.68. The Balaban J connectivity index is 2.05. The van der Waals surface area contributed by atoms with E-state index in [1.165, 1.54) is 11.8 Å². The molecule has 0 radical (unpaired) electrons. The van der Waals surface area contributed by atoms with Crippen LogP contribution in [0.15, 0.2) is 37.5 Å². The molecule has 0 bridgehead atoms. The highest BCUT2D eigenvalue weighted by atomic mass is 32.2. The molecule has 0 aliphatic carbocycles. The zero-order valence-corrected chi connectivity index (χ0v) is 11.7. The lowest BCUT2D eigenvalue weighted by Crippen LogP contribution is -1.95. The van der Waals surface area contributed by atoms with Crippen molar-refractivity contribution in [2.45, 2.75) is 23.9 Å². The van der Waals surface area contributed by atoms with E-state index in [9.17, 15) is 4.79 Å². The van der Waals surface area contributed by atoms with E-state index >= 15 is 0 Å². The molecule has 0 saturated heterocycles. The average molecular weight is 288 g/mol. The molecule has 0 unspecified atom stereocenters. The van der Waals surface area contributed by atoms with E-state index in [0.29, 0.717) is 21.9 Å². The fourth-order valence-corrected chi connectivity index (χ4v) is 2.85. The van der Waals surface area contributed by atoms with Gasteiger partial charge in [0, 0.05) is 28.0 Å². The van der Waals surface area contributed by atoms with Crippen LogP contribution in [0.4, 0.5) is 5.69 Å². The molecule has 0 amide bonds. The van der Waals surface area contributed by atoms with Crippen LogP contribution < -0.4 is 11.5 Å². The van der Waals surface area contributed by atoms with Gasteiger partial charge in [-0.15, -0.1) is 0 Å². The van der Waals surface area contributed by atoms with Crippen LogP contribution in [0.1, 0.15) is 11.4 Å². The number of H-pyrrole nitrogens is 1. The van der Waals surface area contributed by atoms with Crippen LogP contribution in [-0.2, 0) is 0 Å². The first-order valence-corrected chi connectivity index (χ1v) is 6.75. The van der Waals surface area contributed by atoms with Crippen LogP contribution in [0.5, 0.6) is 0 Å². The van der Waals surface area contributed by atoms with Crippen molar-refractivity contribution in [3.8, 4) is 0 Å². The number of aromatic nitrogens is 3. The standard InChI is InChI=1S/C13H12N4O2S/c1-6-3-7(2)16-12(15-6)20-11-5-9-10(4-8(11)14)19-13(18)17-9/h3-5H,14H2,1-2H3,(H,17,18). The molecule has 0 spiro atoms. The summed E-state index contributed by atoms with van der Waals surface area (Å²) in [5.41, 5.74) is 9.34. The van der Waals surface area contributed by atoms with Crippen molar-refractivity contribution in [2.24, 2.45) is 0 Å². The molecule has 2 heterocycles. The van der Waals surface area contributed by atoms with Gasteiger partial charge >= 0.3 is 5.76 Å².